The van der Waals surface area contributed by atoms with Crippen LogP contribution in [0.4, 0.5) is 11.4 Å². The van der Waals surface area contributed by atoms with Gasteiger partial charge in [-0.05, 0) is 31.5 Å². The second-order valence-electron chi connectivity index (χ2n) is 4.89. The number of rotatable bonds is 2. The molecule has 0 radical (unpaired) electrons. The van der Waals surface area contributed by atoms with Gasteiger partial charge in [-0.2, -0.15) is 0 Å². The maximum Gasteiger partial charge on any atom is 0.267 e. The van der Waals surface area contributed by atoms with Gasteiger partial charge in [0.15, 0.2) is 0 Å². The standard InChI is InChI=1S/C16H15N3OS/c1-9-5-3-6-11-13(17)15(21-14(9)11)16(20)19-12-7-4-8-18-10(12)2/h3-8H,17H2,1-2H3,(H,19,20). The van der Waals surface area contributed by atoms with Crippen molar-refractivity contribution in [1.29, 1.82) is 0 Å². The third-order valence-electron chi connectivity index (χ3n) is 3.41. The smallest absolute Gasteiger partial charge is 0.267 e. The van der Waals surface area contributed by atoms with Crippen LogP contribution in [0.2, 0.25) is 0 Å². The number of aromatic nitrogens is 1. The summed E-state index contributed by atoms with van der Waals surface area (Å²) in [5, 5.41) is 3.81. The molecule has 1 amide bonds. The number of nitrogens with zero attached hydrogens (tertiary/aromatic N) is 1. The number of anilines is 2. The Bertz CT molecular complexity index is 839. The molecular formula is C16H15N3OS. The van der Waals surface area contributed by atoms with Crippen molar-refractivity contribution >= 4 is 38.7 Å². The summed E-state index contributed by atoms with van der Waals surface area (Å²) in [7, 11) is 0. The van der Waals surface area contributed by atoms with Gasteiger partial charge in [0.2, 0.25) is 0 Å². The number of nitrogens with one attached hydrogen (secondary N) is 1. The Labute approximate surface area is 126 Å². The number of nitrogen functional groups attached to an aromatic ring is 1. The van der Waals surface area contributed by atoms with Crippen LogP contribution in [0.25, 0.3) is 10.1 Å². The lowest BCUT2D eigenvalue weighted by molar-refractivity contribution is 0.103. The van der Waals surface area contributed by atoms with Gasteiger partial charge in [-0.25, -0.2) is 0 Å². The van der Waals surface area contributed by atoms with E-state index in [4.69, 9.17) is 5.73 Å². The Kier molecular flexibility index (Phi) is 3.35. The molecule has 21 heavy (non-hydrogen) atoms. The first-order valence-corrected chi connectivity index (χ1v) is 7.40. The summed E-state index contributed by atoms with van der Waals surface area (Å²) in [6.45, 7) is 3.87. The number of benzene rings is 1. The number of carbonyl (C=O) groups excluding carboxylic acids is 1. The number of fused-ring (bicyclic) bond motifs is 1. The molecule has 0 atom stereocenters. The molecule has 5 heteroatoms. The highest BCUT2D eigenvalue weighted by Gasteiger charge is 2.17. The van der Waals surface area contributed by atoms with Gasteiger partial charge in [0.25, 0.3) is 5.91 Å². The molecule has 0 saturated heterocycles. The van der Waals surface area contributed by atoms with Crippen molar-refractivity contribution < 1.29 is 4.79 Å². The minimum absolute atomic E-state index is 0.191. The molecule has 0 aliphatic carbocycles. The summed E-state index contributed by atoms with van der Waals surface area (Å²) in [5.74, 6) is -0.191. The fourth-order valence-corrected chi connectivity index (χ4v) is 3.33. The molecule has 106 valence electrons. The van der Waals surface area contributed by atoms with Gasteiger partial charge >= 0.3 is 0 Å². The Morgan fingerprint density at radius 2 is 2.05 bits per heavy atom. The van der Waals surface area contributed by atoms with Crippen LogP contribution in [0.3, 0.4) is 0 Å². The highest BCUT2D eigenvalue weighted by atomic mass is 32.1. The molecule has 0 unspecified atom stereocenters. The average molecular weight is 297 g/mol. The Balaban J connectivity index is 2.01. The van der Waals surface area contributed by atoms with Crippen LogP contribution in [-0.4, -0.2) is 10.9 Å². The van der Waals surface area contributed by atoms with E-state index in [0.717, 1.165) is 21.3 Å². The summed E-state index contributed by atoms with van der Waals surface area (Å²) in [6, 6.07) is 9.54. The molecule has 2 heterocycles. The molecule has 4 nitrogen and oxygen atoms in total. The van der Waals surface area contributed by atoms with Gasteiger partial charge in [-0.1, -0.05) is 18.2 Å². The molecule has 1 aromatic carbocycles. The molecule has 3 N–H and O–H groups in total. The van der Waals surface area contributed by atoms with E-state index in [1.165, 1.54) is 11.3 Å². The predicted molar refractivity (Wildman–Crippen MR) is 87.9 cm³/mol. The van der Waals surface area contributed by atoms with Crippen LogP contribution in [0.5, 0.6) is 0 Å². The van der Waals surface area contributed by atoms with E-state index in [0.29, 0.717) is 16.3 Å². The lowest BCUT2D eigenvalue weighted by Crippen LogP contribution is -2.13. The molecule has 0 aliphatic heterocycles. The third kappa shape index (κ3) is 2.36. The van der Waals surface area contributed by atoms with Crippen molar-refractivity contribution in [2.75, 3.05) is 11.1 Å². The molecule has 0 bridgehead atoms. The topological polar surface area (TPSA) is 68.0 Å². The fourth-order valence-electron chi connectivity index (χ4n) is 2.24. The minimum Gasteiger partial charge on any atom is -0.397 e. The SMILES string of the molecule is Cc1ncccc1NC(=O)c1sc2c(C)cccc2c1N. The normalized spacial score (nSPS) is 10.8. The van der Waals surface area contributed by atoms with Crippen molar-refractivity contribution in [2.45, 2.75) is 13.8 Å². The second-order valence-corrected chi connectivity index (χ2v) is 5.91. The van der Waals surface area contributed by atoms with E-state index < -0.39 is 0 Å². The maximum atomic E-state index is 12.5. The fraction of sp³-hybridized carbons (Fsp3) is 0.125. The van der Waals surface area contributed by atoms with Crippen LogP contribution in [-0.2, 0) is 0 Å². The third-order valence-corrected chi connectivity index (χ3v) is 4.77. The molecule has 0 saturated carbocycles. The van der Waals surface area contributed by atoms with Gasteiger partial charge in [0, 0.05) is 16.3 Å². The lowest BCUT2D eigenvalue weighted by atomic mass is 10.1. The quantitative estimate of drug-likeness (QED) is 0.757. The van der Waals surface area contributed by atoms with Crippen LogP contribution in [0.15, 0.2) is 36.5 Å². The summed E-state index contributed by atoms with van der Waals surface area (Å²) < 4.78 is 1.06. The van der Waals surface area contributed by atoms with E-state index in [1.807, 2.05) is 38.1 Å². The molecular weight excluding hydrogens is 282 g/mol. The number of hydrogen-bond donors (Lipinski definition) is 2. The first-order valence-electron chi connectivity index (χ1n) is 6.58. The van der Waals surface area contributed by atoms with Crippen molar-refractivity contribution in [3.05, 3.63) is 52.7 Å². The average Bonchev–Trinajstić information content (AvgIpc) is 2.81. The predicted octanol–water partition coefficient (Wildman–Crippen LogP) is 3.75. The number of aryl methyl sites for hydroxylation is 2. The van der Waals surface area contributed by atoms with Gasteiger partial charge < -0.3 is 11.1 Å². The largest absolute Gasteiger partial charge is 0.397 e. The molecule has 3 aromatic rings. The molecule has 3 rings (SSSR count). The highest BCUT2D eigenvalue weighted by Crippen LogP contribution is 2.35. The van der Waals surface area contributed by atoms with Crippen LogP contribution < -0.4 is 11.1 Å². The molecule has 0 spiro atoms. The van der Waals surface area contributed by atoms with Crippen molar-refractivity contribution in [3.63, 3.8) is 0 Å². The van der Waals surface area contributed by atoms with E-state index in [2.05, 4.69) is 10.3 Å². The van der Waals surface area contributed by atoms with Gasteiger partial charge in [-0.3, -0.25) is 9.78 Å². The molecule has 0 fully saturated rings. The Hall–Kier alpha value is -2.40. The number of carbonyl (C=O) groups is 1. The number of hydrogen-bond acceptors (Lipinski definition) is 4. The lowest BCUT2D eigenvalue weighted by Gasteiger charge is -2.06. The molecule has 0 aliphatic rings. The number of nitrogens with two attached hydrogens (primary N) is 1. The van der Waals surface area contributed by atoms with Crippen LogP contribution >= 0.6 is 11.3 Å². The zero-order valence-electron chi connectivity index (χ0n) is 11.8. The number of amides is 1. The van der Waals surface area contributed by atoms with E-state index in [-0.39, 0.29) is 5.91 Å². The van der Waals surface area contributed by atoms with Crippen LogP contribution in [0, 0.1) is 13.8 Å². The number of pyridine rings is 1. The van der Waals surface area contributed by atoms with E-state index >= 15 is 0 Å². The van der Waals surface area contributed by atoms with E-state index in [9.17, 15) is 4.79 Å². The zero-order valence-corrected chi connectivity index (χ0v) is 12.6. The molecule has 2 aromatic heterocycles. The minimum atomic E-state index is -0.191. The summed E-state index contributed by atoms with van der Waals surface area (Å²) in [5.41, 5.74) is 9.28. The monoisotopic (exact) mass is 297 g/mol. The first-order chi connectivity index (χ1) is 10.1. The van der Waals surface area contributed by atoms with Gasteiger partial charge in [0.05, 0.1) is 17.1 Å². The zero-order chi connectivity index (χ0) is 15.0. The van der Waals surface area contributed by atoms with E-state index in [1.54, 1.807) is 12.3 Å². The first kappa shape index (κ1) is 13.6. The van der Waals surface area contributed by atoms with Crippen molar-refractivity contribution in [1.82, 2.24) is 4.98 Å². The van der Waals surface area contributed by atoms with Gasteiger partial charge in [-0.15, -0.1) is 11.3 Å². The Morgan fingerprint density at radius 3 is 2.76 bits per heavy atom. The van der Waals surface area contributed by atoms with Crippen molar-refractivity contribution in [2.24, 2.45) is 0 Å². The Morgan fingerprint density at radius 1 is 1.24 bits per heavy atom. The number of thiophene rings is 1. The second kappa shape index (κ2) is 5.18. The summed E-state index contributed by atoms with van der Waals surface area (Å²) in [4.78, 5) is 17.2. The highest BCUT2D eigenvalue weighted by molar-refractivity contribution is 7.21. The summed E-state index contributed by atoms with van der Waals surface area (Å²) >= 11 is 1.43. The van der Waals surface area contributed by atoms with Crippen molar-refractivity contribution in [3.8, 4) is 0 Å². The van der Waals surface area contributed by atoms with Gasteiger partial charge in [0.1, 0.15) is 4.88 Å². The maximum absolute atomic E-state index is 12.5. The summed E-state index contributed by atoms with van der Waals surface area (Å²) in [6.07, 6.45) is 1.70. The van der Waals surface area contributed by atoms with Crippen LogP contribution in [0.1, 0.15) is 20.9 Å².